The largest absolute Gasteiger partial charge is 0.465 e. The molecule has 2 N–H and O–H groups in total. The van der Waals surface area contributed by atoms with E-state index in [1.807, 2.05) is 35.0 Å². The molecular weight excluding hydrogens is 352 g/mol. The van der Waals surface area contributed by atoms with Crippen LogP contribution in [0.3, 0.4) is 0 Å². The van der Waals surface area contributed by atoms with E-state index >= 15 is 0 Å². The maximum Gasteiger partial charge on any atom is 0.339 e. The van der Waals surface area contributed by atoms with Crippen LogP contribution in [-0.4, -0.2) is 36.6 Å². The van der Waals surface area contributed by atoms with Crippen LogP contribution in [0.4, 0.5) is 0 Å². The van der Waals surface area contributed by atoms with Gasteiger partial charge in [-0.15, -0.1) is 11.6 Å². The van der Waals surface area contributed by atoms with E-state index in [0.717, 1.165) is 29.1 Å². The van der Waals surface area contributed by atoms with Gasteiger partial charge in [-0.05, 0) is 30.2 Å². The number of carbonyl (C=O) groups is 1. The second-order valence-corrected chi connectivity index (χ2v) is 6.44. The zero-order valence-electron chi connectivity index (χ0n) is 14.7. The Morgan fingerprint density at radius 1 is 1.46 bits per heavy atom. The van der Waals surface area contributed by atoms with Crippen LogP contribution >= 0.6 is 11.6 Å². The zero-order chi connectivity index (χ0) is 18.7. The molecule has 6 nitrogen and oxygen atoms in total. The number of hydrogen-bond donors (Lipinski definition) is 1. The van der Waals surface area contributed by atoms with Crippen LogP contribution in [0.15, 0.2) is 46.6 Å². The number of aromatic nitrogens is 1. The topological polar surface area (TPSA) is 82.0 Å². The highest BCUT2D eigenvalue weighted by Gasteiger charge is 2.45. The Hall–Kier alpha value is -2.60. The molecule has 1 aliphatic rings. The number of halogens is 1. The summed E-state index contributed by atoms with van der Waals surface area (Å²) in [5.41, 5.74) is 4.16. The van der Waals surface area contributed by atoms with Gasteiger partial charge in [-0.2, -0.15) is 5.10 Å². The van der Waals surface area contributed by atoms with Crippen molar-refractivity contribution in [1.82, 2.24) is 4.57 Å². The second-order valence-electron chi connectivity index (χ2n) is 6.17. The molecule has 0 amide bonds. The highest BCUT2D eigenvalue weighted by molar-refractivity contribution is 6.32. The Bertz CT molecular complexity index is 872. The van der Waals surface area contributed by atoms with E-state index in [1.165, 1.54) is 7.11 Å². The predicted molar refractivity (Wildman–Crippen MR) is 104 cm³/mol. The Morgan fingerprint density at radius 2 is 2.27 bits per heavy atom. The summed E-state index contributed by atoms with van der Waals surface area (Å²) in [6.45, 7) is 0. The minimum absolute atomic E-state index is 0.124. The van der Waals surface area contributed by atoms with Crippen molar-refractivity contribution in [2.45, 2.75) is 18.2 Å². The summed E-state index contributed by atoms with van der Waals surface area (Å²) in [5.74, 6) is 5.84. The first-order valence-electron chi connectivity index (χ1n) is 8.29. The maximum atomic E-state index is 12.3. The summed E-state index contributed by atoms with van der Waals surface area (Å²) in [4.78, 5) is 16.3. The number of rotatable bonds is 6. The molecule has 3 rings (SSSR count). The molecule has 0 bridgehead atoms. The number of hydrogen-bond acceptors (Lipinski definition) is 5. The molecule has 1 fully saturated rings. The predicted octanol–water partition coefficient (Wildman–Crippen LogP) is 3.12. The summed E-state index contributed by atoms with van der Waals surface area (Å²) in [5, 5.41) is 3.85. The molecule has 1 aromatic carbocycles. The van der Waals surface area contributed by atoms with Gasteiger partial charge in [0.25, 0.3) is 0 Å². The van der Waals surface area contributed by atoms with Crippen LogP contribution in [0.2, 0.25) is 0 Å². The molecule has 0 spiro atoms. The van der Waals surface area contributed by atoms with Crippen LogP contribution in [-0.2, 0) is 10.6 Å². The number of nitrogens with two attached hydrogens (primary N) is 1. The SMILES string of the molecule is CN=CC(=NN)[C@@H]1C[C@H]1c1c(C(=O)OC)ccn1-c1cccc(CCl)c1. The van der Waals surface area contributed by atoms with Gasteiger partial charge in [-0.1, -0.05) is 12.1 Å². The Kier molecular flexibility index (Phi) is 5.42. The van der Waals surface area contributed by atoms with Gasteiger partial charge in [0.05, 0.1) is 18.4 Å². The standard InChI is InChI=1S/C19H21ClN4O2/c1-22-11-17(23-21)15-9-16(15)18-14(19(25)26-2)6-7-24(18)13-5-3-4-12(8-13)10-20/h3-8,11,15-16H,9-10,21H2,1-2H3/t15-,16-/m1/s1. The van der Waals surface area contributed by atoms with Crippen molar-refractivity contribution < 1.29 is 9.53 Å². The van der Waals surface area contributed by atoms with Crippen molar-refractivity contribution in [3.63, 3.8) is 0 Å². The van der Waals surface area contributed by atoms with Gasteiger partial charge in [0.15, 0.2) is 0 Å². The molecule has 0 aliphatic heterocycles. The number of carbonyl (C=O) groups excluding carboxylic acids is 1. The number of hydrazone groups is 1. The van der Waals surface area contributed by atoms with Crippen LogP contribution in [0, 0.1) is 5.92 Å². The van der Waals surface area contributed by atoms with Gasteiger partial charge in [-0.3, -0.25) is 4.99 Å². The van der Waals surface area contributed by atoms with E-state index in [1.54, 1.807) is 19.3 Å². The third-order valence-electron chi connectivity index (χ3n) is 4.61. The molecule has 136 valence electrons. The number of alkyl halides is 1. The van der Waals surface area contributed by atoms with Crippen molar-refractivity contribution in [2.75, 3.05) is 14.2 Å². The summed E-state index contributed by atoms with van der Waals surface area (Å²) >= 11 is 5.97. The van der Waals surface area contributed by atoms with E-state index in [4.69, 9.17) is 22.2 Å². The molecule has 2 aromatic rings. The second kappa shape index (κ2) is 7.74. The number of esters is 1. The van der Waals surface area contributed by atoms with Crippen molar-refractivity contribution in [1.29, 1.82) is 0 Å². The van der Waals surface area contributed by atoms with E-state index in [9.17, 15) is 4.79 Å². The van der Waals surface area contributed by atoms with Gasteiger partial charge in [0.1, 0.15) is 0 Å². The minimum atomic E-state index is -0.353. The highest BCUT2D eigenvalue weighted by Crippen LogP contribution is 2.50. The number of aliphatic imine (C=N–C) groups is 1. The molecule has 2 atom stereocenters. The molecule has 1 saturated carbocycles. The molecule has 0 radical (unpaired) electrons. The van der Waals surface area contributed by atoms with E-state index in [-0.39, 0.29) is 17.8 Å². The Labute approximate surface area is 157 Å². The van der Waals surface area contributed by atoms with E-state index < -0.39 is 0 Å². The molecule has 1 aliphatic carbocycles. The Morgan fingerprint density at radius 3 is 2.92 bits per heavy atom. The number of methoxy groups -OCH3 is 1. The van der Waals surface area contributed by atoms with E-state index in [0.29, 0.717) is 11.4 Å². The average molecular weight is 373 g/mol. The molecule has 0 unspecified atom stereocenters. The molecule has 26 heavy (non-hydrogen) atoms. The van der Waals surface area contributed by atoms with Crippen molar-refractivity contribution in [2.24, 2.45) is 21.9 Å². The fourth-order valence-electron chi connectivity index (χ4n) is 3.30. The summed E-state index contributed by atoms with van der Waals surface area (Å²) < 4.78 is 6.98. The van der Waals surface area contributed by atoms with Gasteiger partial charge < -0.3 is 15.1 Å². The molecule has 1 aromatic heterocycles. The number of benzene rings is 1. The lowest BCUT2D eigenvalue weighted by Crippen LogP contribution is -2.11. The van der Waals surface area contributed by atoms with Crippen LogP contribution in [0.1, 0.15) is 34.0 Å². The lowest BCUT2D eigenvalue weighted by molar-refractivity contribution is 0.0599. The molecular formula is C19H21ClN4O2. The summed E-state index contributed by atoms with van der Waals surface area (Å²) in [6, 6.07) is 9.72. The Balaban J connectivity index is 2.05. The first-order valence-corrected chi connectivity index (χ1v) is 8.82. The zero-order valence-corrected chi connectivity index (χ0v) is 15.5. The normalized spacial score (nSPS) is 19.7. The van der Waals surface area contributed by atoms with Gasteiger partial charge in [-0.25, -0.2) is 4.79 Å². The fourth-order valence-corrected chi connectivity index (χ4v) is 3.47. The number of ether oxygens (including phenoxy) is 1. The van der Waals surface area contributed by atoms with E-state index in [2.05, 4.69) is 10.1 Å². The lowest BCUT2D eigenvalue weighted by atomic mass is 10.1. The lowest BCUT2D eigenvalue weighted by Gasteiger charge is -2.12. The van der Waals surface area contributed by atoms with Gasteiger partial charge in [0.2, 0.25) is 0 Å². The van der Waals surface area contributed by atoms with Gasteiger partial charge >= 0.3 is 5.97 Å². The molecule has 1 heterocycles. The quantitative estimate of drug-likeness (QED) is 0.278. The molecule has 0 saturated heterocycles. The number of nitrogens with zero attached hydrogens (tertiary/aromatic N) is 3. The average Bonchev–Trinajstić information content (AvgIpc) is 3.34. The third kappa shape index (κ3) is 3.37. The highest BCUT2D eigenvalue weighted by atomic mass is 35.5. The van der Waals surface area contributed by atoms with Gasteiger partial charge in [0, 0.05) is 48.6 Å². The van der Waals surface area contributed by atoms with Crippen molar-refractivity contribution in [3.05, 3.63) is 53.3 Å². The molecule has 7 heteroatoms. The first-order chi connectivity index (χ1) is 12.6. The summed E-state index contributed by atoms with van der Waals surface area (Å²) in [6.07, 6.45) is 4.41. The first kappa shape index (κ1) is 18.2. The van der Waals surface area contributed by atoms with Crippen LogP contribution in [0.25, 0.3) is 5.69 Å². The van der Waals surface area contributed by atoms with Crippen LogP contribution in [0.5, 0.6) is 0 Å². The maximum absolute atomic E-state index is 12.3. The van der Waals surface area contributed by atoms with Crippen LogP contribution < -0.4 is 5.84 Å². The fraction of sp³-hybridized carbons (Fsp3) is 0.316. The van der Waals surface area contributed by atoms with Crippen molar-refractivity contribution in [3.8, 4) is 5.69 Å². The summed E-state index contributed by atoms with van der Waals surface area (Å²) in [7, 11) is 3.07. The third-order valence-corrected chi connectivity index (χ3v) is 4.91. The monoisotopic (exact) mass is 372 g/mol. The van der Waals surface area contributed by atoms with Crippen molar-refractivity contribution >= 4 is 29.5 Å². The minimum Gasteiger partial charge on any atom is -0.465 e. The smallest absolute Gasteiger partial charge is 0.339 e.